The quantitative estimate of drug-likeness (QED) is 0.873. The van der Waals surface area contributed by atoms with Crippen LogP contribution in [0.4, 0.5) is 18.9 Å². The molecule has 0 unspecified atom stereocenters. The lowest BCUT2D eigenvalue weighted by Crippen LogP contribution is -2.29. The van der Waals surface area contributed by atoms with Crippen LogP contribution in [-0.4, -0.2) is 18.5 Å². The zero-order valence-corrected chi connectivity index (χ0v) is 11.7. The standard InChI is InChI=1S/C15H19F3N2O/c16-15(17,18)11-4-3-7-13(10-11)20-14(21)8-9-19-12-5-1-2-6-12/h3-4,7,10,12,19H,1-2,5-6,8-9H2,(H,20,21). The molecule has 1 saturated carbocycles. The summed E-state index contributed by atoms with van der Waals surface area (Å²) in [5.74, 6) is -0.278. The maximum absolute atomic E-state index is 12.6. The molecule has 1 aliphatic carbocycles. The molecule has 0 aromatic heterocycles. The van der Waals surface area contributed by atoms with Crippen molar-refractivity contribution >= 4 is 11.6 Å². The number of alkyl halides is 3. The first-order valence-electron chi connectivity index (χ1n) is 7.15. The molecule has 116 valence electrons. The van der Waals surface area contributed by atoms with Crippen molar-refractivity contribution in [2.45, 2.75) is 44.3 Å². The Labute approximate surface area is 121 Å². The molecule has 0 spiro atoms. The van der Waals surface area contributed by atoms with Gasteiger partial charge in [0, 0.05) is 24.7 Å². The normalized spacial score (nSPS) is 16.1. The van der Waals surface area contributed by atoms with Gasteiger partial charge in [0.15, 0.2) is 0 Å². The third-order valence-corrected chi connectivity index (χ3v) is 3.61. The average Bonchev–Trinajstić information content (AvgIpc) is 2.91. The highest BCUT2D eigenvalue weighted by atomic mass is 19.4. The van der Waals surface area contributed by atoms with E-state index < -0.39 is 11.7 Å². The molecule has 1 fully saturated rings. The summed E-state index contributed by atoms with van der Waals surface area (Å²) >= 11 is 0. The Hall–Kier alpha value is -1.56. The fourth-order valence-corrected chi connectivity index (χ4v) is 2.52. The number of hydrogen-bond acceptors (Lipinski definition) is 2. The lowest BCUT2D eigenvalue weighted by molar-refractivity contribution is -0.137. The summed E-state index contributed by atoms with van der Waals surface area (Å²) in [4.78, 5) is 11.7. The molecule has 1 aromatic rings. The van der Waals surface area contributed by atoms with E-state index in [0.29, 0.717) is 12.6 Å². The number of nitrogens with one attached hydrogen (secondary N) is 2. The molecule has 2 N–H and O–H groups in total. The minimum absolute atomic E-state index is 0.177. The van der Waals surface area contributed by atoms with Crippen molar-refractivity contribution in [3.05, 3.63) is 29.8 Å². The minimum Gasteiger partial charge on any atom is -0.326 e. The summed E-state index contributed by atoms with van der Waals surface area (Å²) in [6, 6.07) is 5.15. The zero-order valence-electron chi connectivity index (χ0n) is 11.7. The maximum Gasteiger partial charge on any atom is 0.416 e. The lowest BCUT2D eigenvalue weighted by Gasteiger charge is -2.12. The Morgan fingerprint density at radius 2 is 1.95 bits per heavy atom. The summed E-state index contributed by atoms with van der Waals surface area (Å²) in [6.07, 6.45) is 0.560. The molecule has 3 nitrogen and oxygen atoms in total. The van der Waals surface area contributed by atoms with Gasteiger partial charge in [-0.05, 0) is 31.0 Å². The van der Waals surface area contributed by atoms with E-state index >= 15 is 0 Å². The molecule has 1 aromatic carbocycles. The van der Waals surface area contributed by atoms with Crippen molar-refractivity contribution in [3.8, 4) is 0 Å². The molecule has 1 amide bonds. The van der Waals surface area contributed by atoms with Crippen LogP contribution in [0.25, 0.3) is 0 Å². The van der Waals surface area contributed by atoms with E-state index in [2.05, 4.69) is 10.6 Å². The SMILES string of the molecule is O=C(CCNC1CCCC1)Nc1cccc(C(F)(F)F)c1. The van der Waals surface area contributed by atoms with Crippen LogP contribution in [0, 0.1) is 0 Å². The molecule has 1 aliphatic rings. The molecule has 2 rings (SSSR count). The summed E-state index contributed by atoms with van der Waals surface area (Å²) in [5, 5.41) is 5.79. The van der Waals surface area contributed by atoms with Gasteiger partial charge in [0.25, 0.3) is 0 Å². The highest BCUT2D eigenvalue weighted by molar-refractivity contribution is 5.90. The Bertz CT molecular complexity index is 482. The molecule has 0 heterocycles. The van der Waals surface area contributed by atoms with Gasteiger partial charge in [-0.2, -0.15) is 13.2 Å². The van der Waals surface area contributed by atoms with E-state index in [1.165, 1.54) is 25.0 Å². The van der Waals surface area contributed by atoms with Crippen molar-refractivity contribution < 1.29 is 18.0 Å². The number of halogens is 3. The predicted molar refractivity (Wildman–Crippen MR) is 74.9 cm³/mol. The first-order valence-corrected chi connectivity index (χ1v) is 7.15. The summed E-state index contributed by atoms with van der Waals surface area (Å²) in [5.41, 5.74) is -0.583. The largest absolute Gasteiger partial charge is 0.416 e. The fraction of sp³-hybridized carbons (Fsp3) is 0.533. The number of rotatable bonds is 5. The van der Waals surface area contributed by atoms with Gasteiger partial charge in [0.05, 0.1) is 5.56 Å². The van der Waals surface area contributed by atoms with Crippen molar-refractivity contribution in [2.75, 3.05) is 11.9 Å². The number of carbonyl (C=O) groups excluding carboxylic acids is 1. The number of hydrogen-bond donors (Lipinski definition) is 2. The van der Waals surface area contributed by atoms with Crippen LogP contribution in [0.15, 0.2) is 24.3 Å². The van der Waals surface area contributed by atoms with Crippen LogP contribution in [0.5, 0.6) is 0 Å². The molecule has 0 atom stereocenters. The summed E-state index contributed by atoms with van der Waals surface area (Å²) in [6.45, 7) is 0.551. The summed E-state index contributed by atoms with van der Waals surface area (Å²) in [7, 11) is 0. The molecule has 0 aliphatic heterocycles. The van der Waals surface area contributed by atoms with Gasteiger partial charge in [-0.15, -0.1) is 0 Å². The van der Waals surface area contributed by atoms with E-state index in [-0.39, 0.29) is 18.0 Å². The second-order valence-electron chi connectivity index (χ2n) is 5.31. The van der Waals surface area contributed by atoms with Gasteiger partial charge >= 0.3 is 6.18 Å². The van der Waals surface area contributed by atoms with Gasteiger partial charge in [-0.3, -0.25) is 4.79 Å². The lowest BCUT2D eigenvalue weighted by atomic mass is 10.2. The van der Waals surface area contributed by atoms with Crippen molar-refractivity contribution in [3.63, 3.8) is 0 Å². The number of carbonyl (C=O) groups is 1. The molecule has 6 heteroatoms. The highest BCUT2D eigenvalue weighted by Gasteiger charge is 2.30. The van der Waals surface area contributed by atoms with Crippen LogP contribution in [0.2, 0.25) is 0 Å². The first kappa shape index (κ1) is 15.8. The fourth-order valence-electron chi connectivity index (χ4n) is 2.52. The van der Waals surface area contributed by atoms with Crippen LogP contribution in [0.1, 0.15) is 37.7 Å². The van der Waals surface area contributed by atoms with Crippen LogP contribution in [0.3, 0.4) is 0 Å². The molecule has 0 saturated heterocycles. The van der Waals surface area contributed by atoms with Crippen LogP contribution < -0.4 is 10.6 Å². The Morgan fingerprint density at radius 3 is 2.62 bits per heavy atom. The van der Waals surface area contributed by atoms with Gasteiger partial charge in [0.2, 0.25) is 5.91 Å². The number of amides is 1. The monoisotopic (exact) mass is 300 g/mol. The summed E-state index contributed by atoms with van der Waals surface area (Å²) < 4.78 is 37.7. The van der Waals surface area contributed by atoms with Crippen molar-refractivity contribution in [2.24, 2.45) is 0 Å². The van der Waals surface area contributed by atoms with E-state index in [1.54, 1.807) is 0 Å². The van der Waals surface area contributed by atoms with Gasteiger partial charge in [-0.1, -0.05) is 18.9 Å². The smallest absolute Gasteiger partial charge is 0.326 e. The molecule has 21 heavy (non-hydrogen) atoms. The first-order chi connectivity index (χ1) is 9.95. The second-order valence-corrected chi connectivity index (χ2v) is 5.31. The molecule has 0 bridgehead atoms. The van der Waals surface area contributed by atoms with E-state index in [4.69, 9.17) is 0 Å². The van der Waals surface area contributed by atoms with Crippen molar-refractivity contribution in [1.82, 2.24) is 5.32 Å². The molecule has 0 radical (unpaired) electrons. The van der Waals surface area contributed by atoms with E-state index in [1.807, 2.05) is 0 Å². The Balaban J connectivity index is 1.79. The maximum atomic E-state index is 12.6. The average molecular weight is 300 g/mol. The van der Waals surface area contributed by atoms with Crippen LogP contribution >= 0.6 is 0 Å². The zero-order chi connectivity index (χ0) is 15.3. The number of anilines is 1. The van der Waals surface area contributed by atoms with Gasteiger partial charge in [0.1, 0.15) is 0 Å². The minimum atomic E-state index is -4.40. The van der Waals surface area contributed by atoms with Crippen molar-refractivity contribution in [1.29, 1.82) is 0 Å². The molecular weight excluding hydrogens is 281 g/mol. The Morgan fingerprint density at radius 1 is 1.24 bits per heavy atom. The third-order valence-electron chi connectivity index (χ3n) is 3.61. The second kappa shape index (κ2) is 6.93. The number of benzene rings is 1. The third kappa shape index (κ3) is 5.04. The molecular formula is C15H19F3N2O. The van der Waals surface area contributed by atoms with E-state index in [0.717, 1.165) is 25.0 Å². The van der Waals surface area contributed by atoms with Gasteiger partial charge in [-0.25, -0.2) is 0 Å². The van der Waals surface area contributed by atoms with E-state index in [9.17, 15) is 18.0 Å². The predicted octanol–water partition coefficient (Wildman–Crippen LogP) is 3.57. The Kier molecular flexibility index (Phi) is 5.22. The topological polar surface area (TPSA) is 41.1 Å². The van der Waals surface area contributed by atoms with Gasteiger partial charge < -0.3 is 10.6 Å². The van der Waals surface area contributed by atoms with Crippen LogP contribution in [-0.2, 0) is 11.0 Å². The highest BCUT2D eigenvalue weighted by Crippen LogP contribution is 2.30.